The summed E-state index contributed by atoms with van der Waals surface area (Å²) in [6.07, 6.45) is 6.75. The number of hydrogen-bond donors (Lipinski definition) is 1. The molecule has 0 saturated heterocycles. The molecule has 0 radical (unpaired) electrons. The number of benzene rings is 1. The smallest absolute Gasteiger partial charge is 0.355 e. The Morgan fingerprint density at radius 1 is 1.10 bits per heavy atom. The SMILES string of the molecule is CCCCCCCOC(=O)c1[nH]c2c(c1C)C(=O)CC(c1ccc(N(C)C)cc1)C2. The number of ether oxygens (including phenoxy) is 1. The molecule has 5 heteroatoms. The minimum atomic E-state index is -0.350. The first kappa shape index (κ1) is 22.1. The third-order valence-electron chi connectivity index (χ3n) is 6.05. The molecular weight excluding hydrogens is 376 g/mol. The molecule has 1 aliphatic rings. The molecule has 2 aromatic rings. The van der Waals surface area contributed by atoms with Crippen LogP contribution in [0.3, 0.4) is 0 Å². The van der Waals surface area contributed by atoms with Crippen LogP contribution in [-0.2, 0) is 11.2 Å². The van der Waals surface area contributed by atoms with Crippen LogP contribution in [-0.4, -0.2) is 37.4 Å². The van der Waals surface area contributed by atoms with Crippen molar-refractivity contribution in [2.45, 2.75) is 64.7 Å². The van der Waals surface area contributed by atoms with E-state index in [9.17, 15) is 9.59 Å². The molecule has 0 saturated carbocycles. The zero-order valence-corrected chi connectivity index (χ0v) is 18.7. The van der Waals surface area contributed by atoms with Crippen LogP contribution in [0, 0.1) is 6.92 Å². The summed E-state index contributed by atoms with van der Waals surface area (Å²) in [4.78, 5) is 30.7. The number of esters is 1. The van der Waals surface area contributed by atoms with Crippen LogP contribution < -0.4 is 4.90 Å². The van der Waals surface area contributed by atoms with E-state index in [1.165, 1.54) is 19.3 Å². The molecule has 0 amide bonds. The molecule has 0 fully saturated rings. The minimum Gasteiger partial charge on any atom is -0.461 e. The van der Waals surface area contributed by atoms with Crippen molar-refractivity contribution in [3.63, 3.8) is 0 Å². The number of Topliss-reactive ketones (excluding diaryl/α,β-unsaturated/α-hetero) is 1. The van der Waals surface area contributed by atoms with Gasteiger partial charge in [-0.3, -0.25) is 4.79 Å². The van der Waals surface area contributed by atoms with Crippen LogP contribution in [0.4, 0.5) is 5.69 Å². The van der Waals surface area contributed by atoms with Gasteiger partial charge >= 0.3 is 5.97 Å². The van der Waals surface area contributed by atoms with Crippen LogP contribution in [0.5, 0.6) is 0 Å². The van der Waals surface area contributed by atoms with Gasteiger partial charge in [-0.05, 0) is 48.9 Å². The quantitative estimate of drug-likeness (QED) is 0.442. The fourth-order valence-corrected chi connectivity index (χ4v) is 4.26. The van der Waals surface area contributed by atoms with Gasteiger partial charge in [0, 0.05) is 37.5 Å². The van der Waals surface area contributed by atoms with Crippen molar-refractivity contribution in [2.24, 2.45) is 0 Å². The van der Waals surface area contributed by atoms with Crippen LogP contribution >= 0.6 is 0 Å². The second-order valence-corrected chi connectivity index (χ2v) is 8.54. The van der Waals surface area contributed by atoms with Crippen molar-refractivity contribution in [1.29, 1.82) is 0 Å². The molecule has 5 nitrogen and oxygen atoms in total. The summed E-state index contributed by atoms with van der Waals surface area (Å²) in [5.41, 5.74) is 5.00. The Morgan fingerprint density at radius 2 is 1.80 bits per heavy atom. The van der Waals surface area contributed by atoms with Crippen LogP contribution in [0.1, 0.15) is 89.0 Å². The largest absolute Gasteiger partial charge is 0.461 e. The van der Waals surface area contributed by atoms with Crippen LogP contribution in [0.2, 0.25) is 0 Å². The first-order chi connectivity index (χ1) is 14.4. The van der Waals surface area contributed by atoms with Gasteiger partial charge in [-0.2, -0.15) is 0 Å². The number of fused-ring (bicyclic) bond motifs is 1. The first-order valence-corrected chi connectivity index (χ1v) is 11.1. The summed E-state index contributed by atoms with van der Waals surface area (Å²) in [7, 11) is 4.03. The maximum absolute atomic E-state index is 12.9. The lowest BCUT2D eigenvalue weighted by Crippen LogP contribution is -2.18. The number of ketones is 1. The van der Waals surface area contributed by atoms with Crippen molar-refractivity contribution in [3.8, 4) is 0 Å². The summed E-state index contributed by atoms with van der Waals surface area (Å²) < 4.78 is 5.46. The van der Waals surface area contributed by atoms with E-state index in [4.69, 9.17) is 4.74 Å². The van der Waals surface area contributed by atoms with E-state index in [0.717, 1.165) is 41.8 Å². The number of H-pyrrole nitrogens is 1. The third kappa shape index (κ3) is 4.94. The predicted octanol–water partition coefficient (Wildman–Crippen LogP) is 5.43. The van der Waals surface area contributed by atoms with Gasteiger partial charge in [0.15, 0.2) is 5.78 Å². The predicted molar refractivity (Wildman–Crippen MR) is 121 cm³/mol. The van der Waals surface area contributed by atoms with Gasteiger partial charge in [0.2, 0.25) is 0 Å². The third-order valence-corrected chi connectivity index (χ3v) is 6.05. The van der Waals surface area contributed by atoms with Crippen molar-refractivity contribution >= 4 is 17.4 Å². The Hall–Kier alpha value is -2.56. The Bertz CT molecular complexity index is 881. The fourth-order valence-electron chi connectivity index (χ4n) is 4.26. The number of nitrogens with zero attached hydrogens (tertiary/aromatic N) is 1. The summed E-state index contributed by atoms with van der Waals surface area (Å²) in [5.74, 6) is -0.121. The highest BCUT2D eigenvalue weighted by atomic mass is 16.5. The van der Waals surface area contributed by atoms with Crippen molar-refractivity contribution < 1.29 is 14.3 Å². The van der Waals surface area contributed by atoms with Crippen LogP contribution in [0.15, 0.2) is 24.3 Å². The molecule has 1 aromatic carbocycles. The minimum absolute atomic E-state index is 0.102. The Labute approximate surface area is 179 Å². The molecule has 3 rings (SSSR count). The maximum Gasteiger partial charge on any atom is 0.355 e. The molecule has 0 aliphatic heterocycles. The molecular formula is C25H34N2O3. The van der Waals surface area contributed by atoms with E-state index in [-0.39, 0.29) is 17.7 Å². The van der Waals surface area contributed by atoms with E-state index in [1.807, 2.05) is 21.0 Å². The van der Waals surface area contributed by atoms with E-state index in [0.29, 0.717) is 24.3 Å². The molecule has 1 heterocycles. The highest BCUT2D eigenvalue weighted by Crippen LogP contribution is 2.35. The molecule has 0 spiro atoms. The van der Waals surface area contributed by atoms with Gasteiger partial charge in [0.25, 0.3) is 0 Å². The summed E-state index contributed by atoms with van der Waals surface area (Å²) in [5, 5.41) is 0. The number of anilines is 1. The number of aromatic amines is 1. The lowest BCUT2D eigenvalue weighted by atomic mass is 9.81. The zero-order valence-electron chi connectivity index (χ0n) is 18.7. The van der Waals surface area contributed by atoms with E-state index in [2.05, 4.69) is 41.1 Å². The lowest BCUT2D eigenvalue weighted by Gasteiger charge is -2.23. The topological polar surface area (TPSA) is 62.4 Å². The average Bonchev–Trinajstić information content (AvgIpc) is 3.07. The zero-order chi connectivity index (χ0) is 21.7. The normalized spacial score (nSPS) is 15.7. The van der Waals surface area contributed by atoms with Gasteiger partial charge in [0.1, 0.15) is 5.69 Å². The van der Waals surface area contributed by atoms with Crippen molar-refractivity contribution in [1.82, 2.24) is 4.98 Å². The monoisotopic (exact) mass is 410 g/mol. The van der Waals surface area contributed by atoms with E-state index >= 15 is 0 Å². The molecule has 0 bridgehead atoms. The summed E-state index contributed by atoms with van der Waals surface area (Å²) in [6.45, 7) is 4.46. The molecule has 1 aromatic heterocycles. The molecule has 30 heavy (non-hydrogen) atoms. The molecule has 1 N–H and O–H groups in total. The molecule has 1 aliphatic carbocycles. The van der Waals surface area contributed by atoms with E-state index < -0.39 is 0 Å². The van der Waals surface area contributed by atoms with Gasteiger partial charge < -0.3 is 14.6 Å². The number of aromatic nitrogens is 1. The Balaban J connectivity index is 1.67. The molecule has 1 atom stereocenters. The number of unbranched alkanes of at least 4 members (excludes halogenated alkanes) is 4. The van der Waals surface area contributed by atoms with Crippen molar-refractivity contribution in [2.75, 3.05) is 25.6 Å². The second kappa shape index (κ2) is 9.96. The Morgan fingerprint density at radius 3 is 2.47 bits per heavy atom. The highest BCUT2D eigenvalue weighted by Gasteiger charge is 2.32. The number of rotatable bonds is 9. The number of hydrogen-bond acceptors (Lipinski definition) is 4. The molecule has 1 unspecified atom stereocenters. The summed E-state index contributed by atoms with van der Waals surface area (Å²) in [6, 6.07) is 8.36. The average molecular weight is 411 g/mol. The second-order valence-electron chi connectivity index (χ2n) is 8.54. The number of carbonyl (C=O) groups excluding carboxylic acids is 2. The van der Waals surface area contributed by atoms with Crippen molar-refractivity contribution in [3.05, 3.63) is 52.3 Å². The van der Waals surface area contributed by atoms with E-state index in [1.54, 1.807) is 0 Å². The van der Waals surface area contributed by atoms with Gasteiger partial charge in [-0.15, -0.1) is 0 Å². The highest BCUT2D eigenvalue weighted by molar-refractivity contribution is 6.03. The number of carbonyl (C=O) groups is 2. The lowest BCUT2D eigenvalue weighted by molar-refractivity contribution is 0.0490. The standard InChI is InChI=1S/C25H34N2O3/c1-5-6-7-8-9-14-30-25(29)24-17(2)23-21(26-24)15-19(16-22(23)28)18-10-12-20(13-11-18)27(3)4/h10-13,19,26H,5-9,14-16H2,1-4H3. The van der Waals surface area contributed by atoms with Crippen LogP contribution in [0.25, 0.3) is 0 Å². The van der Waals surface area contributed by atoms with Gasteiger partial charge in [-0.1, -0.05) is 44.7 Å². The fraction of sp³-hybridized carbons (Fsp3) is 0.520. The summed E-state index contributed by atoms with van der Waals surface area (Å²) >= 11 is 0. The maximum atomic E-state index is 12.9. The number of nitrogens with one attached hydrogen (secondary N) is 1. The molecule has 162 valence electrons. The first-order valence-electron chi connectivity index (χ1n) is 11.1. The Kier molecular flexibility index (Phi) is 7.35. The van der Waals surface area contributed by atoms with Gasteiger partial charge in [0.05, 0.1) is 6.61 Å². The van der Waals surface area contributed by atoms with Gasteiger partial charge in [-0.25, -0.2) is 4.79 Å².